The molecular weight excluding hydrogens is 444 g/mol. The van der Waals surface area contributed by atoms with Crippen molar-refractivity contribution in [3.05, 3.63) is 94.9 Å². The summed E-state index contributed by atoms with van der Waals surface area (Å²) in [6.07, 6.45) is 1.46. The van der Waals surface area contributed by atoms with E-state index < -0.39 is 5.91 Å². The summed E-state index contributed by atoms with van der Waals surface area (Å²) in [5, 5.41) is 7.01. The van der Waals surface area contributed by atoms with Crippen molar-refractivity contribution in [1.82, 2.24) is 5.43 Å². The van der Waals surface area contributed by atoms with E-state index in [0.29, 0.717) is 11.3 Å². The van der Waals surface area contributed by atoms with E-state index in [1.165, 1.54) is 6.21 Å². The van der Waals surface area contributed by atoms with Gasteiger partial charge in [0.1, 0.15) is 17.1 Å². The summed E-state index contributed by atoms with van der Waals surface area (Å²) < 4.78 is 12.5. The Morgan fingerprint density at radius 2 is 1.73 bits per heavy atom. The summed E-state index contributed by atoms with van der Waals surface area (Å²) in [5.41, 5.74) is 4.10. The molecule has 0 aliphatic carbocycles. The smallest absolute Gasteiger partial charge is 0.307 e. The number of hydrogen-bond donors (Lipinski definition) is 1. The number of carbonyl (C=O) groups is 1. The molecule has 146 valence electrons. The van der Waals surface area contributed by atoms with Crippen molar-refractivity contribution in [3.63, 3.8) is 0 Å². The predicted octanol–water partition coefficient (Wildman–Crippen LogP) is 6.37. The Balaban J connectivity index is 1.32. The van der Waals surface area contributed by atoms with Gasteiger partial charge >= 0.3 is 5.91 Å². The third kappa shape index (κ3) is 3.53. The summed E-state index contributed by atoms with van der Waals surface area (Å²) in [6.45, 7) is 0. The Kier molecular flexibility index (Phi) is 4.69. The van der Waals surface area contributed by atoms with Crippen LogP contribution in [0, 0.1) is 0 Å². The zero-order valence-corrected chi connectivity index (χ0v) is 17.2. The van der Waals surface area contributed by atoms with Crippen molar-refractivity contribution in [1.29, 1.82) is 0 Å². The second-order valence-electron chi connectivity index (χ2n) is 6.72. The van der Waals surface area contributed by atoms with Crippen LogP contribution in [0.2, 0.25) is 0 Å². The molecule has 0 aliphatic heterocycles. The molecule has 0 atom stereocenters. The molecule has 30 heavy (non-hydrogen) atoms. The van der Waals surface area contributed by atoms with Crippen LogP contribution in [-0.4, -0.2) is 12.1 Å². The highest BCUT2D eigenvalue weighted by molar-refractivity contribution is 9.10. The maximum atomic E-state index is 12.4. The second kappa shape index (κ2) is 7.65. The maximum absolute atomic E-state index is 12.4. The topological polar surface area (TPSA) is 67.7 Å². The van der Waals surface area contributed by atoms with Gasteiger partial charge in [0.2, 0.25) is 0 Å². The average Bonchev–Trinajstić information content (AvgIpc) is 3.41. The number of fused-ring (bicyclic) bond motifs is 3. The molecular formula is C24H15BrN2O3. The van der Waals surface area contributed by atoms with Crippen LogP contribution in [0.5, 0.6) is 0 Å². The minimum Gasteiger partial charge on any atom is -0.455 e. The number of amides is 1. The van der Waals surface area contributed by atoms with Crippen molar-refractivity contribution in [2.24, 2.45) is 5.10 Å². The fourth-order valence-corrected chi connectivity index (χ4v) is 3.57. The van der Waals surface area contributed by atoms with E-state index in [1.54, 1.807) is 12.1 Å². The number of hydrogen-bond acceptors (Lipinski definition) is 4. The largest absolute Gasteiger partial charge is 0.455 e. The lowest BCUT2D eigenvalue weighted by Gasteiger charge is -1.96. The van der Waals surface area contributed by atoms with Gasteiger partial charge in [-0.15, -0.1) is 0 Å². The van der Waals surface area contributed by atoms with Gasteiger partial charge in [-0.05, 0) is 47.2 Å². The van der Waals surface area contributed by atoms with Gasteiger partial charge in [0.25, 0.3) is 0 Å². The van der Waals surface area contributed by atoms with E-state index in [1.807, 2.05) is 66.7 Å². The molecule has 1 N–H and O–H groups in total. The van der Waals surface area contributed by atoms with Crippen LogP contribution in [0.1, 0.15) is 16.3 Å². The van der Waals surface area contributed by atoms with Gasteiger partial charge in [-0.3, -0.25) is 4.79 Å². The van der Waals surface area contributed by atoms with Crippen molar-refractivity contribution in [3.8, 4) is 11.3 Å². The molecule has 1 amide bonds. The highest BCUT2D eigenvalue weighted by atomic mass is 79.9. The Morgan fingerprint density at radius 3 is 2.60 bits per heavy atom. The van der Waals surface area contributed by atoms with Crippen molar-refractivity contribution >= 4 is 49.8 Å². The molecule has 0 unspecified atom stereocenters. The molecule has 2 heterocycles. The molecule has 0 bridgehead atoms. The quantitative estimate of drug-likeness (QED) is 0.251. The van der Waals surface area contributed by atoms with Crippen LogP contribution in [0.15, 0.2) is 97.3 Å². The summed E-state index contributed by atoms with van der Waals surface area (Å²) in [6, 6.07) is 25.0. The Hall–Kier alpha value is -3.64. The molecule has 5 aromatic rings. The first-order valence-corrected chi connectivity index (χ1v) is 10.1. The highest BCUT2D eigenvalue weighted by Gasteiger charge is 2.13. The summed E-state index contributed by atoms with van der Waals surface area (Å²) in [4.78, 5) is 12.4. The lowest BCUT2D eigenvalue weighted by molar-refractivity contribution is 0.0929. The molecule has 0 fully saturated rings. The summed E-state index contributed by atoms with van der Waals surface area (Å²) in [5.74, 6) is 1.03. The fraction of sp³-hybridized carbons (Fsp3) is 0. The van der Waals surface area contributed by atoms with Crippen molar-refractivity contribution in [2.45, 2.75) is 0 Å². The Bertz CT molecular complexity index is 1400. The van der Waals surface area contributed by atoms with E-state index in [9.17, 15) is 4.79 Å². The molecule has 0 saturated heterocycles. The van der Waals surface area contributed by atoms with E-state index in [4.69, 9.17) is 8.83 Å². The van der Waals surface area contributed by atoms with E-state index in [0.717, 1.165) is 32.0 Å². The second-order valence-corrected chi connectivity index (χ2v) is 7.63. The lowest BCUT2D eigenvalue weighted by atomic mass is 10.1. The molecule has 0 spiro atoms. The number of rotatable bonds is 4. The first kappa shape index (κ1) is 18.4. The van der Waals surface area contributed by atoms with Crippen LogP contribution in [0.3, 0.4) is 0 Å². The van der Waals surface area contributed by atoms with Gasteiger partial charge in [0.05, 0.1) is 6.21 Å². The SMILES string of the molecule is O=C(NN=Cc1ccc(-c2ccc(Br)cc2)o1)c1cc2c(ccc3ccccc32)o1. The maximum Gasteiger partial charge on any atom is 0.307 e. The molecule has 5 rings (SSSR count). The van der Waals surface area contributed by atoms with Gasteiger partial charge in [-0.2, -0.15) is 5.10 Å². The molecule has 3 aromatic carbocycles. The number of halogens is 1. The number of furan rings is 2. The van der Waals surface area contributed by atoms with Gasteiger partial charge in [-0.1, -0.05) is 58.4 Å². The van der Waals surface area contributed by atoms with Crippen LogP contribution < -0.4 is 5.43 Å². The van der Waals surface area contributed by atoms with E-state index in [-0.39, 0.29) is 5.76 Å². The van der Waals surface area contributed by atoms with Gasteiger partial charge in [0.15, 0.2) is 5.76 Å². The highest BCUT2D eigenvalue weighted by Crippen LogP contribution is 2.28. The zero-order chi connectivity index (χ0) is 20.5. The number of nitrogens with one attached hydrogen (secondary N) is 1. The minimum absolute atomic E-state index is 0.202. The molecule has 0 radical (unpaired) electrons. The first-order chi connectivity index (χ1) is 14.7. The number of benzene rings is 3. The third-order valence-electron chi connectivity index (χ3n) is 4.76. The Labute approximate surface area is 180 Å². The normalized spacial score (nSPS) is 11.5. The zero-order valence-electron chi connectivity index (χ0n) is 15.6. The number of nitrogens with zero attached hydrogens (tertiary/aromatic N) is 1. The van der Waals surface area contributed by atoms with Crippen LogP contribution in [0.25, 0.3) is 33.1 Å². The number of carbonyl (C=O) groups excluding carboxylic acids is 1. The molecule has 0 aliphatic rings. The van der Waals surface area contributed by atoms with Gasteiger partial charge < -0.3 is 8.83 Å². The van der Waals surface area contributed by atoms with Crippen LogP contribution >= 0.6 is 15.9 Å². The van der Waals surface area contributed by atoms with E-state index in [2.05, 4.69) is 26.5 Å². The van der Waals surface area contributed by atoms with Crippen LogP contribution in [0.4, 0.5) is 0 Å². The standard InChI is InChI=1S/C24H15BrN2O3/c25-17-8-5-16(6-9-17)21-12-10-18(29-21)14-26-27-24(28)23-13-20-19-4-2-1-3-15(19)7-11-22(20)30-23/h1-14H,(H,27,28). The predicted molar refractivity (Wildman–Crippen MR) is 121 cm³/mol. The van der Waals surface area contributed by atoms with Gasteiger partial charge in [-0.25, -0.2) is 5.43 Å². The summed E-state index contributed by atoms with van der Waals surface area (Å²) >= 11 is 3.41. The van der Waals surface area contributed by atoms with E-state index >= 15 is 0 Å². The average molecular weight is 459 g/mol. The van der Waals surface area contributed by atoms with Crippen molar-refractivity contribution < 1.29 is 13.6 Å². The fourth-order valence-electron chi connectivity index (χ4n) is 3.31. The minimum atomic E-state index is -0.425. The molecule has 0 saturated carbocycles. The first-order valence-electron chi connectivity index (χ1n) is 9.28. The van der Waals surface area contributed by atoms with Crippen LogP contribution in [-0.2, 0) is 0 Å². The lowest BCUT2D eigenvalue weighted by Crippen LogP contribution is -2.16. The monoisotopic (exact) mass is 458 g/mol. The third-order valence-corrected chi connectivity index (χ3v) is 5.29. The van der Waals surface area contributed by atoms with Gasteiger partial charge in [0, 0.05) is 15.4 Å². The van der Waals surface area contributed by atoms with Crippen molar-refractivity contribution in [2.75, 3.05) is 0 Å². The Morgan fingerprint density at radius 1 is 0.900 bits per heavy atom. The molecule has 5 nitrogen and oxygen atoms in total. The summed E-state index contributed by atoms with van der Waals surface area (Å²) in [7, 11) is 0. The molecule has 2 aromatic heterocycles. The number of hydrazone groups is 1. The molecule has 6 heteroatoms.